The van der Waals surface area contributed by atoms with E-state index in [0.29, 0.717) is 12.1 Å². The first-order valence-electron chi connectivity index (χ1n) is 4.44. The van der Waals surface area contributed by atoms with Gasteiger partial charge in [-0.1, -0.05) is 12.1 Å². The summed E-state index contributed by atoms with van der Waals surface area (Å²) in [4.78, 5) is 3.87. The minimum atomic E-state index is -0.450. The van der Waals surface area contributed by atoms with Gasteiger partial charge >= 0.3 is 0 Å². The predicted molar refractivity (Wildman–Crippen MR) is 52.4 cm³/mol. The molecule has 0 aliphatic heterocycles. The quantitative estimate of drug-likeness (QED) is 0.745. The van der Waals surface area contributed by atoms with Crippen molar-refractivity contribution in [2.45, 2.75) is 6.54 Å². The van der Waals surface area contributed by atoms with Crippen LogP contribution in [-0.4, -0.2) is 9.55 Å². The third-order valence-electron chi connectivity index (χ3n) is 2.11. The highest BCUT2D eigenvalue weighted by molar-refractivity contribution is 5.35. The molecule has 0 saturated carbocycles. The van der Waals surface area contributed by atoms with Crippen LogP contribution in [0.3, 0.4) is 0 Å². The molecule has 0 unspecified atom stereocenters. The zero-order valence-electron chi connectivity index (χ0n) is 7.89. The zero-order chi connectivity index (χ0) is 10.7. The van der Waals surface area contributed by atoms with Gasteiger partial charge in [0, 0.05) is 18.0 Å². The van der Waals surface area contributed by atoms with Gasteiger partial charge in [-0.05, 0) is 6.07 Å². The Bertz CT molecular complexity index is 497. The van der Waals surface area contributed by atoms with Crippen LogP contribution >= 0.6 is 0 Å². The maximum Gasteiger partial charge on any atom is 0.145 e. The number of benzene rings is 1. The maximum atomic E-state index is 13.6. The normalized spacial score (nSPS) is 9.87. The molecule has 0 bridgehead atoms. The lowest BCUT2D eigenvalue weighted by Crippen LogP contribution is -2.00. The lowest BCUT2D eigenvalue weighted by atomic mass is 10.1. The van der Waals surface area contributed by atoms with Gasteiger partial charge in [0.15, 0.2) is 0 Å². The van der Waals surface area contributed by atoms with E-state index < -0.39 is 5.82 Å². The van der Waals surface area contributed by atoms with Gasteiger partial charge in [-0.2, -0.15) is 5.26 Å². The summed E-state index contributed by atoms with van der Waals surface area (Å²) in [5.41, 5.74) is 0.569. The molecule has 2 aromatic rings. The van der Waals surface area contributed by atoms with Gasteiger partial charge in [0.25, 0.3) is 0 Å². The van der Waals surface area contributed by atoms with Crippen molar-refractivity contribution in [3.05, 3.63) is 53.9 Å². The Kier molecular flexibility index (Phi) is 2.46. The Balaban J connectivity index is 2.34. The standard InChI is InChI=1S/C11H8FN3/c12-11-9(6-13)2-1-3-10(11)7-15-5-4-14-8-15/h1-5,8H,7H2. The monoisotopic (exact) mass is 201 g/mol. The molecule has 0 fully saturated rings. The summed E-state index contributed by atoms with van der Waals surface area (Å²) in [5.74, 6) is -0.450. The van der Waals surface area contributed by atoms with Gasteiger partial charge in [-0.15, -0.1) is 0 Å². The SMILES string of the molecule is N#Cc1cccc(Cn2ccnc2)c1F. The number of hydrogen-bond donors (Lipinski definition) is 0. The van der Waals surface area contributed by atoms with E-state index in [0.717, 1.165) is 0 Å². The van der Waals surface area contributed by atoms with Crippen LogP contribution in [0.15, 0.2) is 36.9 Å². The number of aromatic nitrogens is 2. The molecule has 0 aliphatic rings. The predicted octanol–water partition coefficient (Wildman–Crippen LogP) is 1.94. The molecule has 0 spiro atoms. The van der Waals surface area contributed by atoms with Crippen molar-refractivity contribution in [1.29, 1.82) is 5.26 Å². The van der Waals surface area contributed by atoms with E-state index >= 15 is 0 Å². The summed E-state index contributed by atoms with van der Waals surface area (Å²) in [5, 5.41) is 8.66. The van der Waals surface area contributed by atoms with E-state index in [-0.39, 0.29) is 5.56 Å². The summed E-state index contributed by atoms with van der Waals surface area (Å²) in [6, 6.07) is 6.62. The molecule has 1 heterocycles. The molecule has 0 atom stereocenters. The molecular weight excluding hydrogens is 193 g/mol. The van der Waals surface area contributed by atoms with E-state index in [1.807, 2.05) is 6.07 Å². The minimum Gasteiger partial charge on any atom is -0.333 e. The van der Waals surface area contributed by atoms with E-state index in [9.17, 15) is 4.39 Å². The van der Waals surface area contributed by atoms with Crippen LogP contribution in [0.25, 0.3) is 0 Å². The summed E-state index contributed by atoms with van der Waals surface area (Å²) < 4.78 is 15.4. The third kappa shape index (κ3) is 1.86. The molecular formula is C11H8FN3. The van der Waals surface area contributed by atoms with Crippen molar-refractivity contribution < 1.29 is 4.39 Å². The van der Waals surface area contributed by atoms with E-state index in [2.05, 4.69) is 4.98 Å². The summed E-state index contributed by atoms with van der Waals surface area (Å²) in [7, 11) is 0. The first-order valence-corrected chi connectivity index (χ1v) is 4.44. The van der Waals surface area contributed by atoms with Gasteiger partial charge < -0.3 is 4.57 Å². The molecule has 15 heavy (non-hydrogen) atoms. The van der Waals surface area contributed by atoms with Crippen LogP contribution < -0.4 is 0 Å². The number of rotatable bonds is 2. The van der Waals surface area contributed by atoms with Crippen molar-refractivity contribution >= 4 is 0 Å². The second kappa shape index (κ2) is 3.93. The molecule has 3 nitrogen and oxygen atoms in total. The Morgan fingerprint density at radius 3 is 3.00 bits per heavy atom. The molecule has 2 rings (SSSR count). The number of nitrogens with zero attached hydrogens (tertiary/aromatic N) is 3. The molecule has 1 aromatic carbocycles. The first-order chi connectivity index (χ1) is 7.31. The molecule has 74 valence electrons. The molecule has 0 saturated heterocycles. The van der Waals surface area contributed by atoms with Gasteiger partial charge in [-0.3, -0.25) is 0 Å². The lowest BCUT2D eigenvalue weighted by Gasteiger charge is -2.04. The van der Waals surface area contributed by atoms with Crippen molar-refractivity contribution in [1.82, 2.24) is 9.55 Å². The second-order valence-corrected chi connectivity index (χ2v) is 3.13. The highest BCUT2D eigenvalue weighted by atomic mass is 19.1. The summed E-state index contributed by atoms with van der Waals surface area (Å²) >= 11 is 0. The van der Waals surface area contributed by atoms with Crippen LogP contribution in [0.4, 0.5) is 4.39 Å². The van der Waals surface area contributed by atoms with Crippen LogP contribution in [0.5, 0.6) is 0 Å². The Morgan fingerprint density at radius 1 is 1.47 bits per heavy atom. The highest BCUT2D eigenvalue weighted by Crippen LogP contribution is 2.13. The van der Waals surface area contributed by atoms with Crippen LogP contribution in [0.2, 0.25) is 0 Å². The molecule has 0 radical (unpaired) electrons. The lowest BCUT2D eigenvalue weighted by molar-refractivity contribution is 0.596. The average Bonchev–Trinajstić information content (AvgIpc) is 2.74. The molecule has 0 aliphatic carbocycles. The fraction of sp³-hybridized carbons (Fsp3) is 0.0909. The van der Waals surface area contributed by atoms with Crippen molar-refractivity contribution in [3.8, 4) is 6.07 Å². The zero-order valence-corrected chi connectivity index (χ0v) is 7.89. The third-order valence-corrected chi connectivity index (χ3v) is 2.11. The topological polar surface area (TPSA) is 41.6 Å². The molecule has 0 N–H and O–H groups in total. The van der Waals surface area contributed by atoms with E-state index in [1.54, 1.807) is 35.4 Å². The fourth-order valence-electron chi connectivity index (χ4n) is 1.37. The van der Waals surface area contributed by atoms with Crippen molar-refractivity contribution in [3.63, 3.8) is 0 Å². The number of hydrogen-bond acceptors (Lipinski definition) is 2. The molecule has 1 aromatic heterocycles. The minimum absolute atomic E-state index is 0.0765. The molecule has 0 amide bonds. The maximum absolute atomic E-state index is 13.6. The summed E-state index contributed by atoms with van der Waals surface area (Å²) in [6.07, 6.45) is 4.99. The largest absolute Gasteiger partial charge is 0.333 e. The van der Waals surface area contributed by atoms with Crippen LogP contribution in [0.1, 0.15) is 11.1 Å². The number of halogens is 1. The smallest absolute Gasteiger partial charge is 0.145 e. The first kappa shape index (κ1) is 9.41. The van der Waals surface area contributed by atoms with Gasteiger partial charge in [-0.25, -0.2) is 9.37 Å². The summed E-state index contributed by atoms with van der Waals surface area (Å²) in [6.45, 7) is 0.390. The van der Waals surface area contributed by atoms with Crippen molar-refractivity contribution in [2.75, 3.05) is 0 Å². The van der Waals surface area contributed by atoms with Crippen LogP contribution in [0, 0.1) is 17.1 Å². The van der Waals surface area contributed by atoms with Gasteiger partial charge in [0.1, 0.15) is 11.9 Å². The highest BCUT2D eigenvalue weighted by Gasteiger charge is 2.07. The van der Waals surface area contributed by atoms with E-state index in [1.165, 1.54) is 6.07 Å². The van der Waals surface area contributed by atoms with Crippen LogP contribution in [-0.2, 0) is 6.54 Å². The average molecular weight is 201 g/mol. The van der Waals surface area contributed by atoms with Gasteiger partial charge in [0.2, 0.25) is 0 Å². The van der Waals surface area contributed by atoms with E-state index in [4.69, 9.17) is 5.26 Å². The Labute approximate surface area is 86.4 Å². The Hall–Kier alpha value is -2.15. The number of imidazole rings is 1. The number of nitriles is 1. The van der Waals surface area contributed by atoms with Gasteiger partial charge in [0.05, 0.1) is 18.4 Å². The second-order valence-electron chi connectivity index (χ2n) is 3.13. The molecule has 4 heteroatoms. The Morgan fingerprint density at radius 2 is 2.33 bits per heavy atom. The van der Waals surface area contributed by atoms with Crippen molar-refractivity contribution in [2.24, 2.45) is 0 Å². The fourth-order valence-corrected chi connectivity index (χ4v) is 1.37.